The largest absolute Gasteiger partial charge is 0.461 e. The summed E-state index contributed by atoms with van der Waals surface area (Å²) in [5.41, 5.74) is -2.29. The van der Waals surface area contributed by atoms with Crippen LogP contribution in [0.4, 0.5) is 0 Å². The van der Waals surface area contributed by atoms with Crippen LogP contribution >= 0.6 is 0 Å². The van der Waals surface area contributed by atoms with Crippen LogP contribution in [0.25, 0.3) is 0 Å². The summed E-state index contributed by atoms with van der Waals surface area (Å²) in [6.07, 6.45) is -0.784. The molecular formula is C20H26O7. The summed E-state index contributed by atoms with van der Waals surface area (Å²) in [6, 6.07) is 0. The van der Waals surface area contributed by atoms with Crippen molar-refractivity contribution in [3.63, 3.8) is 0 Å². The highest BCUT2D eigenvalue weighted by Gasteiger charge is 2.93. The first-order valence-electron chi connectivity index (χ1n) is 9.76. The Morgan fingerprint density at radius 2 is 2.07 bits per heavy atom. The van der Waals surface area contributed by atoms with Crippen LogP contribution in [0.15, 0.2) is 12.2 Å². The van der Waals surface area contributed by atoms with E-state index in [2.05, 4.69) is 6.58 Å². The van der Waals surface area contributed by atoms with Gasteiger partial charge in [0.15, 0.2) is 0 Å². The average molecular weight is 378 g/mol. The second kappa shape index (κ2) is 4.93. The molecular weight excluding hydrogens is 352 g/mol. The summed E-state index contributed by atoms with van der Waals surface area (Å²) < 4.78 is 23.4. The van der Waals surface area contributed by atoms with E-state index in [1.54, 1.807) is 13.8 Å². The minimum atomic E-state index is -1.24. The fourth-order valence-corrected chi connectivity index (χ4v) is 5.87. The lowest BCUT2D eigenvalue weighted by molar-refractivity contribution is -0.159. The highest BCUT2D eigenvalue weighted by molar-refractivity contribution is 5.91. The molecule has 2 saturated carbocycles. The van der Waals surface area contributed by atoms with E-state index in [1.807, 2.05) is 13.8 Å². The van der Waals surface area contributed by atoms with Gasteiger partial charge in [0.25, 0.3) is 0 Å². The van der Waals surface area contributed by atoms with Crippen molar-refractivity contribution in [2.75, 3.05) is 0 Å². The number of aliphatic hydroxyl groups is 1. The molecule has 0 aromatic carbocycles. The summed E-state index contributed by atoms with van der Waals surface area (Å²) in [5.74, 6) is -1.91. The molecule has 27 heavy (non-hydrogen) atoms. The summed E-state index contributed by atoms with van der Waals surface area (Å²) >= 11 is 0. The van der Waals surface area contributed by atoms with E-state index >= 15 is 0 Å². The summed E-state index contributed by atoms with van der Waals surface area (Å²) in [4.78, 5) is 24.9. The maximum atomic E-state index is 12.5. The number of carbonyl (C=O) groups excluding carboxylic acids is 2. The SMILES string of the molecule is C=C1C(=O)O[C@H]2[C@H]1[C@@H](OC(=O)C(C)CC)C[C@@](C)(O)[C@]13O[C@H]1[C@H]1O[C@@]1(C)[C@H]23. The minimum Gasteiger partial charge on any atom is -0.461 e. The van der Waals surface area contributed by atoms with Gasteiger partial charge in [-0.1, -0.05) is 20.4 Å². The number of hydrogen-bond donors (Lipinski definition) is 1. The monoisotopic (exact) mass is 378 g/mol. The third-order valence-electron chi connectivity index (χ3n) is 7.64. The lowest BCUT2D eigenvalue weighted by Crippen LogP contribution is -2.53. The van der Waals surface area contributed by atoms with Gasteiger partial charge in [0, 0.05) is 12.0 Å². The molecule has 5 fully saturated rings. The zero-order valence-electron chi connectivity index (χ0n) is 16.1. The molecule has 0 aromatic heterocycles. The molecule has 5 aliphatic rings. The van der Waals surface area contributed by atoms with E-state index in [1.165, 1.54) is 0 Å². The fourth-order valence-electron chi connectivity index (χ4n) is 5.87. The van der Waals surface area contributed by atoms with Crippen LogP contribution in [-0.4, -0.2) is 58.3 Å². The van der Waals surface area contributed by atoms with Crippen molar-refractivity contribution in [1.82, 2.24) is 0 Å². The first-order valence-corrected chi connectivity index (χ1v) is 9.76. The standard InChI is InChI=1S/C20H26O7/c1-6-8(2)16(21)24-10-7-18(4,23)20-13(12-11(10)9(3)17(22)25-12)19(5)14(26-19)15(20)27-20/h8,10-15,23H,3,6-7H2,1-2,4-5H3/t8?,10-,11+,12-,13-,14+,15-,18+,19-,20+/m0/s1. The molecule has 1 spiro atoms. The third-order valence-corrected chi connectivity index (χ3v) is 7.64. The van der Waals surface area contributed by atoms with E-state index in [-0.39, 0.29) is 36.4 Å². The van der Waals surface area contributed by atoms with Crippen molar-refractivity contribution < 1.29 is 33.6 Å². The molecule has 3 heterocycles. The highest BCUT2D eigenvalue weighted by Crippen LogP contribution is 2.75. The summed E-state index contributed by atoms with van der Waals surface area (Å²) in [6.45, 7) is 11.3. The molecule has 1 unspecified atom stereocenters. The van der Waals surface area contributed by atoms with Gasteiger partial charge in [-0.15, -0.1) is 0 Å². The maximum Gasteiger partial charge on any atom is 0.334 e. The molecule has 5 rings (SSSR count). The lowest BCUT2D eigenvalue weighted by Gasteiger charge is -2.36. The minimum absolute atomic E-state index is 0.0959. The first-order chi connectivity index (χ1) is 12.6. The van der Waals surface area contributed by atoms with Crippen molar-refractivity contribution in [2.45, 2.75) is 81.8 Å². The van der Waals surface area contributed by atoms with Gasteiger partial charge < -0.3 is 24.1 Å². The van der Waals surface area contributed by atoms with Crippen LogP contribution in [0.1, 0.15) is 40.5 Å². The van der Waals surface area contributed by atoms with Crippen LogP contribution in [0.5, 0.6) is 0 Å². The van der Waals surface area contributed by atoms with E-state index in [0.29, 0.717) is 12.0 Å². The molecule has 1 N–H and O–H groups in total. The van der Waals surface area contributed by atoms with Crippen LogP contribution in [-0.2, 0) is 28.5 Å². The molecule has 3 aliphatic heterocycles. The summed E-state index contributed by atoms with van der Waals surface area (Å²) in [5, 5.41) is 11.4. The van der Waals surface area contributed by atoms with Crippen molar-refractivity contribution in [2.24, 2.45) is 17.8 Å². The molecule has 7 heteroatoms. The van der Waals surface area contributed by atoms with Crippen LogP contribution in [0.3, 0.4) is 0 Å². The molecule has 0 amide bonds. The predicted molar refractivity (Wildman–Crippen MR) is 91.5 cm³/mol. The zero-order valence-corrected chi connectivity index (χ0v) is 16.1. The second-order valence-electron chi connectivity index (χ2n) is 9.22. The number of esters is 2. The molecule has 10 atom stereocenters. The number of epoxide rings is 2. The Morgan fingerprint density at radius 1 is 1.37 bits per heavy atom. The Labute approximate surface area is 158 Å². The van der Waals surface area contributed by atoms with Gasteiger partial charge in [-0.2, -0.15) is 0 Å². The quantitative estimate of drug-likeness (QED) is 0.446. The van der Waals surface area contributed by atoms with Gasteiger partial charge in [-0.25, -0.2) is 4.79 Å². The van der Waals surface area contributed by atoms with Gasteiger partial charge in [-0.3, -0.25) is 4.79 Å². The Hall–Kier alpha value is -1.44. The van der Waals surface area contributed by atoms with Crippen molar-refractivity contribution in [1.29, 1.82) is 0 Å². The third kappa shape index (κ3) is 1.93. The molecule has 0 radical (unpaired) electrons. The fraction of sp³-hybridized carbons (Fsp3) is 0.800. The van der Waals surface area contributed by atoms with Crippen molar-refractivity contribution >= 4 is 11.9 Å². The zero-order chi connectivity index (χ0) is 19.5. The van der Waals surface area contributed by atoms with Gasteiger partial charge in [0.05, 0.1) is 23.4 Å². The van der Waals surface area contributed by atoms with Gasteiger partial charge in [0.1, 0.15) is 35.6 Å². The van der Waals surface area contributed by atoms with E-state index < -0.39 is 40.9 Å². The molecule has 0 aromatic rings. The predicted octanol–water partition coefficient (Wildman–Crippen LogP) is 1.12. The van der Waals surface area contributed by atoms with Crippen LogP contribution in [0, 0.1) is 17.8 Å². The van der Waals surface area contributed by atoms with E-state index in [9.17, 15) is 14.7 Å². The molecule has 7 nitrogen and oxygen atoms in total. The number of hydrogen-bond acceptors (Lipinski definition) is 7. The molecule has 0 bridgehead atoms. The normalized spacial score (nSPS) is 55.4. The highest BCUT2D eigenvalue weighted by atomic mass is 16.7. The molecule has 3 saturated heterocycles. The molecule has 148 valence electrons. The van der Waals surface area contributed by atoms with Gasteiger partial charge in [0.2, 0.25) is 0 Å². The number of ether oxygens (including phenoxy) is 4. The topological polar surface area (TPSA) is 97.9 Å². The molecule has 2 aliphatic carbocycles. The Balaban J connectivity index is 1.56. The smallest absolute Gasteiger partial charge is 0.334 e. The van der Waals surface area contributed by atoms with Crippen LogP contribution in [0.2, 0.25) is 0 Å². The van der Waals surface area contributed by atoms with Gasteiger partial charge >= 0.3 is 11.9 Å². The van der Waals surface area contributed by atoms with E-state index in [0.717, 1.165) is 0 Å². The Bertz CT molecular complexity index is 759. The average Bonchev–Trinajstić information content (AvgIpc) is 3.45. The van der Waals surface area contributed by atoms with E-state index in [4.69, 9.17) is 18.9 Å². The Kier molecular flexibility index (Phi) is 3.22. The lowest BCUT2D eigenvalue weighted by atomic mass is 9.74. The number of rotatable bonds is 3. The Morgan fingerprint density at radius 3 is 2.74 bits per heavy atom. The number of carbonyl (C=O) groups is 2. The summed E-state index contributed by atoms with van der Waals surface area (Å²) in [7, 11) is 0. The first kappa shape index (κ1) is 17.6. The maximum absolute atomic E-state index is 12.5. The number of fused-ring (bicyclic) bond motifs is 5. The van der Waals surface area contributed by atoms with Crippen molar-refractivity contribution in [3.8, 4) is 0 Å². The van der Waals surface area contributed by atoms with Crippen molar-refractivity contribution in [3.05, 3.63) is 12.2 Å². The second-order valence-corrected chi connectivity index (χ2v) is 9.22. The van der Waals surface area contributed by atoms with Gasteiger partial charge in [-0.05, 0) is 20.3 Å². The van der Waals surface area contributed by atoms with Crippen LogP contribution < -0.4 is 0 Å².